The molecule has 2 aromatic carbocycles. The maximum absolute atomic E-state index is 12.6. The van der Waals surface area contributed by atoms with Gasteiger partial charge in [0, 0.05) is 15.6 Å². The van der Waals surface area contributed by atoms with Crippen LogP contribution in [0.25, 0.3) is 0 Å². The zero-order valence-corrected chi connectivity index (χ0v) is 12.1. The summed E-state index contributed by atoms with van der Waals surface area (Å²) in [4.78, 5) is 36.3. The number of carboxylic acids is 1. The van der Waals surface area contributed by atoms with Gasteiger partial charge in [-0.25, -0.2) is 4.79 Å². The maximum Gasteiger partial charge on any atom is 0.337 e. The van der Waals surface area contributed by atoms with Crippen molar-refractivity contribution in [1.29, 1.82) is 0 Å². The number of halogens is 1. The number of aromatic carboxylic acids is 1. The van der Waals surface area contributed by atoms with E-state index in [0.717, 1.165) is 0 Å². The number of anilines is 1. The highest BCUT2D eigenvalue weighted by Gasteiger charge is 2.34. The summed E-state index contributed by atoms with van der Waals surface area (Å²) in [6.07, 6.45) is 0. The number of carbonyl (C=O) groups is 3. The third kappa shape index (κ3) is 1.80. The average Bonchev–Trinajstić information content (AvgIpc) is 2.46. The number of fused-ring (bicyclic) bond motifs is 2. The third-order valence-electron chi connectivity index (χ3n) is 3.42. The van der Waals surface area contributed by atoms with E-state index in [9.17, 15) is 14.4 Å². The van der Waals surface area contributed by atoms with Crippen molar-refractivity contribution in [1.82, 2.24) is 0 Å². The molecule has 0 unspecified atom stereocenters. The van der Waals surface area contributed by atoms with Gasteiger partial charge in [-0.05, 0) is 22.0 Å². The summed E-state index contributed by atoms with van der Waals surface area (Å²) < 4.78 is 0.247. The summed E-state index contributed by atoms with van der Waals surface area (Å²) in [5.74, 6) is -2.05. The van der Waals surface area contributed by atoms with Gasteiger partial charge in [0.2, 0.25) is 0 Å². The fourth-order valence-electron chi connectivity index (χ4n) is 2.45. The summed E-state index contributed by atoms with van der Waals surface area (Å²) in [6, 6.07) is 7.64. The second-order valence-corrected chi connectivity index (χ2v) is 5.43. The minimum absolute atomic E-state index is 0.0505. The molecule has 0 saturated heterocycles. The fraction of sp³-hybridized carbons (Fsp3) is 0. The van der Waals surface area contributed by atoms with Gasteiger partial charge in [-0.2, -0.15) is 0 Å². The summed E-state index contributed by atoms with van der Waals surface area (Å²) in [5, 5.41) is 9.14. The van der Waals surface area contributed by atoms with Crippen LogP contribution in [0.1, 0.15) is 42.2 Å². The van der Waals surface area contributed by atoms with Gasteiger partial charge >= 0.3 is 5.97 Å². The van der Waals surface area contributed by atoms with Gasteiger partial charge in [-0.15, -0.1) is 0 Å². The fourth-order valence-corrected chi connectivity index (χ4v) is 3.06. The van der Waals surface area contributed by atoms with Crippen molar-refractivity contribution in [3.05, 3.63) is 62.6 Å². The Kier molecular flexibility index (Phi) is 2.91. The van der Waals surface area contributed by atoms with E-state index in [-0.39, 0.29) is 43.8 Å². The molecule has 0 bridgehead atoms. The van der Waals surface area contributed by atoms with Crippen molar-refractivity contribution in [3.63, 3.8) is 0 Å². The summed E-state index contributed by atoms with van der Waals surface area (Å²) in [6.45, 7) is 0. The van der Waals surface area contributed by atoms with E-state index in [0.29, 0.717) is 0 Å². The van der Waals surface area contributed by atoms with Crippen LogP contribution in [0.5, 0.6) is 0 Å². The van der Waals surface area contributed by atoms with Crippen LogP contribution in [0.2, 0.25) is 0 Å². The second kappa shape index (κ2) is 4.53. The molecule has 5 nitrogen and oxygen atoms in total. The molecule has 0 fully saturated rings. The molecule has 0 spiro atoms. The first kappa shape index (κ1) is 13.5. The molecular weight excluding hydrogens is 338 g/mol. The topological polar surface area (TPSA) is 97.5 Å². The number of nitrogen functional groups attached to an aromatic ring is 1. The largest absolute Gasteiger partial charge is 0.478 e. The molecule has 1 aliphatic rings. The molecule has 0 atom stereocenters. The van der Waals surface area contributed by atoms with Gasteiger partial charge in [0.25, 0.3) is 0 Å². The van der Waals surface area contributed by atoms with Crippen molar-refractivity contribution >= 4 is 39.2 Å². The Hall–Kier alpha value is -2.47. The SMILES string of the molecule is Nc1c(C(=O)O)cc(Br)c2c1C(=O)c1ccccc1C2=O. The van der Waals surface area contributed by atoms with Gasteiger partial charge < -0.3 is 10.8 Å². The summed E-state index contributed by atoms with van der Waals surface area (Å²) in [7, 11) is 0. The molecule has 0 heterocycles. The minimum atomic E-state index is -1.25. The molecule has 1 aliphatic carbocycles. The molecule has 21 heavy (non-hydrogen) atoms. The Morgan fingerprint density at radius 2 is 1.57 bits per heavy atom. The zero-order chi connectivity index (χ0) is 15.3. The average molecular weight is 346 g/mol. The monoisotopic (exact) mass is 345 g/mol. The first-order valence-electron chi connectivity index (χ1n) is 5.97. The number of benzene rings is 2. The lowest BCUT2D eigenvalue weighted by atomic mass is 9.82. The number of rotatable bonds is 1. The molecule has 0 radical (unpaired) electrons. The van der Waals surface area contributed by atoms with Gasteiger partial charge in [0.1, 0.15) is 0 Å². The van der Waals surface area contributed by atoms with Crippen LogP contribution in [-0.2, 0) is 0 Å². The maximum atomic E-state index is 12.6. The van der Waals surface area contributed by atoms with E-state index in [1.54, 1.807) is 18.2 Å². The lowest BCUT2D eigenvalue weighted by Gasteiger charge is -2.21. The van der Waals surface area contributed by atoms with Crippen LogP contribution in [0, 0.1) is 0 Å². The predicted molar refractivity (Wildman–Crippen MR) is 78.8 cm³/mol. The Morgan fingerprint density at radius 1 is 1.05 bits per heavy atom. The van der Waals surface area contributed by atoms with Gasteiger partial charge in [-0.3, -0.25) is 9.59 Å². The van der Waals surface area contributed by atoms with E-state index < -0.39 is 11.8 Å². The molecule has 104 valence electrons. The number of hydrogen-bond acceptors (Lipinski definition) is 4. The standard InChI is InChI=1S/C15H8BrNO4/c16-9-5-8(15(20)21)12(17)11-10(9)13(18)6-3-1-2-4-7(6)14(11)19/h1-5H,17H2,(H,20,21). The number of carboxylic acid groups (broad SMARTS) is 1. The van der Waals surface area contributed by atoms with E-state index in [1.165, 1.54) is 12.1 Å². The molecule has 0 aromatic heterocycles. The Labute approximate surface area is 127 Å². The van der Waals surface area contributed by atoms with Crippen molar-refractivity contribution in [2.45, 2.75) is 0 Å². The lowest BCUT2D eigenvalue weighted by molar-refractivity contribution is 0.0697. The van der Waals surface area contributed by atoms with Crippen LogP contribution >= 0.6 is 15.9 Å². The first-order valence-corrected chi connectivity index (χ1v) is 6.76. The van der Waals surface area contributed by atoms with E-state index in [4.69, 9.17) is 10.8 Å². The van der Waals surface area contributed by atoms with E-state index in [1.807, 2.05) is 0 Å². The molecule has 3 rings (SSSR count). The highest BCUT2D eigenvalue weighted by molar-refractivity contribution is 9.10. The van der Waals surface area contributed by atoms with Crippen molar-refractivity contribution in [2.75, 3.05) is 5.73 Å². The summed E-state index contributed by atoms with van der Waals surface area (Å²) in [5.41, 5.74) is 6.00. The normalized spacial score (nSPS) is 12.8. The highest BCUT2D eigenvalue weighted by atomic mass is 79.9. The van der Waals surface area contributed by atoms with Gasteiger partial charge in [0.15, 0.2) is 11.6 Å². The Morgan fingerprint density at radius 3 is 2.10 bits per heavy atom. The lowest BCUT2D eigenvalue weighted by Crippen LogP contribution is -2.24. The van der Waals surface area contributed by atoms with E-state index >= 15 is 0 Å². The number of carbonyl (C=O) groups excluding carboxylic acids is 2. The molecule has 0 aliphatic heterocycles. The molecule has 0 amide bonds. The number of nitrogens with two attached hydrogens (primary N) is 1. The Balaban J connectivity index is 2.41. The van der Waals surface area contributed by atoms with Crippen molar-refractivity contribution < 1.29 is 19.5 Å². The minimum Gasteiger partial charge on any atom is -0.478 e. The molecular formula is C15H8BrNO4. The van der Waals surface area contributed by atoms with Crippen molar-refractivity contribution in [2.24, 2.45) is 0 Å². The second-order valence-electron chi connectivity index (χ2n) is 4.58. The third-order valence-corrected chi connectivity index (χ3v) is 4.05. The number of ketones is 2. The van der Waals surface area contributed by atoms with Gasteiger partial charge in [-0.1, -0.05) is 24.3 Å². The van der Waals surface area contributed by atoms with Crippen LogP contribution < -0.4 is 5.73 Å². The van der Waals surface area contributed by atoms with Crippen LogP contribution in [0.3, 0.4) is 0 Å². The summed E-state index contributed by atoms with van der Waals surface area (Å²) >= 11 is 3.16. The van der Waals surface area contributed by atoms with E-state index in [2.05, 4.69) is 15.9 Å². The molecule has 3 N–H and O–H groups in total. The van der Waals surface area contributed by atoms with Crippen LogP contribution in [0.15, 0.2) is 34.8 Å². The quantitative estimate of drug-likeness (QED) is 0.660. The van der Waals surface area contributed by atoms with Crippen LogP contribution in [0.4, 0.5) is 5.69 Å². The highest BCUT2D eigenvalue weighted by Crippen LogP contribution is 2.37. The zero-order valence-electron chi connectivity index (χ0n) is 10.5. The molecule has 6 heteroatoms. The smallest absolute Gasteiger partial charge is 0.337 e. The molecule has 0 saturated carbocycles. The van der Waals surface area contributed by atoms with Crippen molar-refractivity contribution in [3.8, 4) is 0 Å². The molecule has 2 aromatic rings. The predicted octanol–water partition coefficient (Wildman–Crippen LogP) is 2.50. The first-order chi connectivity index (χ1) is 9.93. The Bertz CT molecular complexity index is 842. The van der Waals surface area contributed by atoms with Gasteiger partial charge in [0.05, 0.1) is 22.4 Å². The number of hydrogen-bond donors (Lipinski definition) is 2. The van der Waals surface area contributed by atoms with Crippen LogP contribution in [-0.4, -0.2) is 22.6 Å².